The summed E-state index contributed by atoms with van der Waals surface area (Å²) in [6, 6.07) is 14.3. The Kier molecular flexibility index (Phi) is 6.84. The van der Waals surface area contributed by atoms with Crippen LogP contribution in [0.1, 0.15) is 18.7 Å². The summed E-state index contributed by atoms with van der Waals surface area (Å²) in [4.78, 5) is 1.52. The highest BCUT2D eigenvalue weighted by atomic mass is 79.9. The number of ether oxygens (including phenoxy) is 1. The van der Waals surface area contributed by atoms with Gasteiger partial charge in [-0.25, -0.2) is 4.39 Å². The van der Waals surface area contributed by atoms with Gasteiger partial charge in [-0.05, 0) is 48.5 Å². The number of nitrogens with one attached hydrogen (secondary N) is 1. The summed E-state index contributed by atoms with van der Waals surface area (Å²) in [5.41, 5.74) is 0.890. The molecular formula is C21H23BrFN4OS+. The molecule has 0 aliphatic carbocycles. The first-order valence-electron chi connectivity index (χ1n) is 9.74. The minimum atomic E-state index is -0.245. The average molecular weight is 478 g/mol. The van der Waals surface area contributed by atoms with Crippen LogP contribution >= 0.6 is 27.7 Å². The molecule has 0 bridgehead atoms. The number of nitrogens with zero attached hydrogens (tertiary/aromatic N) is 3. The van der Waals surface area contributed by atoms with Crippen molar-refractivity contribution < 1.29 is 14.0 Å². The van der Waals surface area contributed by atoms with E-state index in [0.29, 0.717) is 6.61 Å². The molecule has 2 aromatic carbocycles. The van der Waals surface area contributed by atoms with E-state index >= 15 is 0 Å². The Balaban J connectivity index is 1.45. The Morgan fingerprint density at radius 2 is 1.76 bits per heavy atom. The van der Waals surface area contributed by atoms with Crippen LogP contribution in [0.25, 0.3) is 5.69 Å². The third-order valence-corrected chi connectivity index (χ3v) is 6.32. The first-order chi connectivity index (χ1) is 14.2. The topological polar surface area (TPSA) is 44.4 Å². The number of aromatic nitrogens is 3. The maximum absolute atomic E-state index is 13.4. The van der Waals surface area contributed by atoms with E-state index in [1.807, 2.05) is 24.3 Å². The van der Waals surface area contributed by atoms with Gasteiger partial charge in [0.25, 0.3) is 0 Å². The summed E-state index contributed by atoms with van der Waals surface area (Å²) in [6.07, 6.45) is 2.52. The lowest BCUT2D eigenvalue weighted by molar-refractivity contribution is -0.902. The third kappa shape index (κ3) is 5.38. The lowest BCUT2D eigenvalue weighted by Gasteiger charge is -2.14. The van der Waals surface area contributed by atoms with E-state index in [4.69, 9.17) is 4.74 Å². The first-order valence-corrected chi connectivity index (χ1v) is 11.5. The number of quaternary nitrogens is 1. The Labute approximate surface area is 182 Å². The highest BCUT2D eigenvalue weighted by Gasteiger charge is 2.22. The molecule has 0 atom stereocenters. The van der Waals surface area contributed by atoms with Crippen molar-refractivity contribution in [2.75, 3.05) is 25.4 Å². The van der Waals surface area contributed by atoms with Crippen molar-refractivity contribution in [3.05, 3.63) is 64.6 Å². The van der Waals surface area contributed by atoms with Crippen LogP contribution in [0.3, 0.4) is 0 Å². The average Bonchev–Trinajstić information content (AvgIpc) is 3.38. The Morgan fingerprint density at radius 3 is 2.48 bits per heavy atom. The molecule has 0 amide bonds. The van der Waals surface area contributed by atoms with Crippen LogP contribution in [-0.2, 0) is 6.54 Å². The van der Waals surface area contributed by atoms with Crippen LogP contribution in [0.15, 0.2) is 58.2 Å². The number of benzene rings is 2. The standard InChI is InChI=1S/C21H22BrFN4OS/c22-16-3-9-19(10-4-16)28-13-14-29-21-25-24-20(15-26-11-1-2-12-26)27(21)18-7-5-17(23)6-8-18/h3-10H,1-2,11-15H2/p+1. The van der Waals surface area contributed by atoms with Gasteiger partial charge in [-0.3, -0.25) is 4.57 Å². The second-order valence-corrected chi connectivity index (χ2v) is 8.97. The van der Waals surface area contributed by atoms with Crippen LogP contribution in [0.2, 0.25) is 0 Å². The Morgan fingerprint density at radius 1 is 1.03 bits per heavy atom. The van der Waals surface area contributed by atoms with Crippen LogP contribution in [0, 0.1) is 5.82 Å². The quantitative estimate of drug-likeness (QED) is 0.398. The Hall–Kier alpha value is -1.90. The molecular weight excluding hydrogens is 455 g/mol. The van der Waals surface area contributed by atoms with Gasteiger partial charge >= 0.3 is 0 Å². The molecule has 4 rings (SSSR count). The molecule has 0 spiro atoms. The van der Waals surface area contributed by atoms with Crippen molar-refractivity contribution in [1.29, 1.82) is 0 Å². The molecule has 1 N–H and O–H groups in total. The monoisotopic (exact) mass is 477 g/mol. The molecule has 1 aromatic heterocycles. The van der Waals surface area contributed by atoms with Crippen molar-refractivity contribution in [3.8, 4) is 11.4 Å². The highest BCUT2D eigenvalue weighted by Crippen LogP contribution is 2.23. The summed E-state index contributed by atoms with van der Waals surface area (Å²) in [5, 5.41) is 9.69. The molecule has 3 aromatic rings. The van der Waals surface area contributed by atoms with Gasteiger partial charge in [-0.1, -0.05) is 27.7 Å². The molecule has 152 valence electrons. The molecule has 2 heterocycles. The minimum absolute atomic E-state index is 0.245. The van der Waals surface area contributed by atoms with Crippen LogP contribution in [-0.4, -0.2) is 40.2 Å². The van der Waals surface area contributed by atoms with E-state index in [0.717, 1.165) is 39.2 Å². The number of hydrogen-bond acceptors (Lipinski definition) is 4. The predicted octanol–water partition coefficient (Wildman–Crippen LogP) is 3.52. The lowest BCUT2D eigenvalue weighted by Crippen LogP contribution is -3.08. The highest BCUT2D eigenvalue weighted by molar-refractivity contribution is 9.10. The van der Waals surface area contributed by atoms with E-state index in [9.17, 15) is 4.39 Å². The number of likely N-dealkylation sites (tertiary alicyclic amines) is 1. The van der Waals surface area contributed by atoms with Crippen LogP contribution in [0.5, 0.6) is 5.75 Å². The fraction of sp³-hybridized carbons (Fsp3) is 0.333. The predicted molar refractivity (Wildman–Crippen MR) is 115 cm³/mol. The van der Waals surface area contributed by atoms with E-state index in [1.165, 1.54) is 43.0 Å². The van der Waals surface area contributed by atoms with Gasteiger partial charge in [-0.2, -0.15) is 0 Å². The van der Waals surface area contributed by atoms with Crippen LogP contribution < -0.4 is 9.64 Å². The van der Waals surface area contributed by atoms with Crippen molar-refractivity contribution >= 4 is 27.7 Å². The van der Waals surface area contributed by atoms with Gasteiger partial charge in [0.2, 0.25) is 0 Å². The van der Waals surface area contributed by atoms with E-state index in [-0.39, 0.29) is 5.82 Å². The summed E-state index contributed by atoms with van der Waals surface area (Å²) in [7, 11) is 0. The third-order valence-electron chi connectivity index (χ3n) is 4.90. The zero-order valence-electron chi connectivity index (χ0n) is 16.0. The zero-order valence-corrected chi connectivity index (χ0v) is 18.4. The largest absolute Gasteiger partial charge is 0.493 e. The van der Waals surface area contributed by atoms with Gasteiger partial charge in [0.1, 0.15) is 18.1 Å². The maximum Gasteiger partial charge on any atom is 0.196 e. The zero-order chi connectivity index (χ0) is 20.1. The lowest BCUT2D eigenvalue weighted by atomic mass is 10.3. The normalized spacial score (nSPS) is 14.4. The first kappa shape index (κ1) is 20.4. The van der Waals surface area contributed by atoms with E-state index < -0.39 is 0 Å². The van der Waals surface area contributed by atoms with Crippen molar-refractivity contribution in [1.82, 2.24) is 14.8 Å². The number of hydrogen-bond donors (Lipinski definition) is 1. The SMILES string of the molecule is Fc1ccc(-n2c(C[NH+]3CCCC3)nnc2SCCOc2ccc(Br)cc2)cc1. The van der Waals surface area contributed by atoms with E-state index in [2.05, 4.69) is 30.7 Å². The summed E-state index contributed by atoms with van der Waals surface area (Å²) < 4.78 is 22.3. The van der Waals surface area contributed by atoms with Gasteiger partial charge in [0, 0.05) is 28.8 Å². The van der Waals surface area contributed by atoms with Gasteiger partial charge in [0.15, 0.2) is 11.0 Å². The minimum Gasteiger partial charge on any atom is -0.493 e. The number of rotatable bonds is 8. The molecule has 5 nitrogen and oxygen atoms in total. The van der Waals surface area contributed by atoms with E-state index in [1.54, 1.807) is 23.9 Å². The maximum atomic E-state index is 13.4. The van der Waals surface area contributed by atoms with Gasteiger partial charge < -0.3 is 9.64 Å². The molecule has 1 aliphatic heterocycles. The molecule has 1 fully saturated rings. The van der Waals surface area contributed by atoms with Gasteiger partial charge in [-0.15, -0.1) is 10.2 Å². The second kappa shape index (κ2) is 9.73. The molecule has 0 radical (unpaired) electrons. The van der Waals surface area contributed by atoms with Crippen molar-refractivity contribution in [2.24, 2.45) is 0 Å². The van der Waals surface area contributed by atoms with Crippen molar-refractivity contribution in [3.63, 3.8) is 0 Å². The fourth-order valence-corrected chi connectivity index (χ4v) is 4.51. The summed E-state index contributed by atoms with van der Waals surface area (Å²) >= 11 is 5.02. The molecule has 0 saturated carbocycles. The fourth-order valence-electron chi connectivity index (χ4n) is 3.46. The second-order valence-electron chi connectivity index (χ2n) is 7.00. The summed E-state index contributed by atoms with van der Waals surface area (Å²) in [6.45, 7) is 3.73. The number of thioether (sulfide) groups is 1. The molecule has 29 heavy (non-hydrogen) atoms. The molecule has 0 unspecified atom stereocenters. The van der Waals surface area contributed by atoms with Gasteiger partial charge in [0.05, 0.1) is 19.7 Å². The molecule has 8 heteroatoms. The smallest absolute Gasteiger partial charge is 0.196 e. The Bertz CT molecular complexity index is 927. The van der Waals surface area contributed by atoms with Crippen LogP contribution in [0.4, 0.5) is 4.39 Å². The van der Waals surface area contributed by atoms with Crippen molar-refractivity contribution in [2.45, 2.75) is 24.5 Å². The molecule has 1 saturated heterocycles. The summed E-state index contributed by atoms with van der Waals surface area (Å²) in [5.74, 6) is 2.26. The molecule has 1 aliphatic rings. The number of halogens is 2.